The zero-order valence-electron chi connectivity index (χ0n) is 30.2. The molecule has 3 rings (SSSR count). The highest BCUT2D eigenvalue weighted by molar-refractivity contribution is 5.81. The molecule has 0 aromatic heterocycles. The van der Waals surface area contributed by atoms with Crippen molar-refractivity contribution in [2.75, 3.05) is 20.2 Å². The minimum atomic E-state index is -1.60. The van der Waals surface area contributed by atoms with Crippen LogP contribution in [0, 0.1) is 0 Å². The number of nitrogens with zero attached hydrogens (tertiary/aromatic N) is 1. The number of aliphatic hydroxyl groups is 4. The molecular weight excluding hydrogens is 648 g/mol. The molecule has 49 heavy (non-hydrogen) atoms. The Morgan fingerprint density at radius 3 is 2.04 bits per heavy atom. The molecule has 3 aliphatic rings. The Morgan fingerprint density at radius 2 is 1.47 bits per heavy atom. The molecule has 7 N–H and O–H groups in total. The fraction of sp³-hybridized carbons (Fsp3) is 0.875. The maximum absolute atomic E-state index is 13.1. The standard InChI is InChI=1S/C32H56N4O13/c1-28(2,3)47-25(41)33-12-11-19(37)23(40)35-18-13-17(34-26(42)48-29(4,5)6)14-20(38)21(18)46-24-22(39)32(15-31(32,44)16-45-24)36(10)27(43)49-30(7,8)9/h17-22,24,37-39,44H,11-16H2,1-10H3,(H,33,41)(H,34,42)(H,35,40)/t17-,18+,19-,20-,21-,22-,24+,31-,32+/m0/s1. The average Bonchev–Trinajstić information content (AvgIpc) is 3.56. The number of hydrogen-bond donors (Lipinski definition) is 7. The number of nitrogens with one attached hydrogen (secondary N) is 3. The Hall–Kier alpha value is -2.96. The van der Waals surface area contributed by atoms with Gasteiger partial charge in [-0.2, -0.15) is 0 Å². The second-order valence-corrected chi connectivity index (χ2v) is 16.1. The highest BCUT2D eigenvalue weighted by Gasteiger charge is 2.78. The first-order valence-corrected chi connectivity index (χ1v) is 16.5. The van der Waals surface area contributed by atoms with Crippen LogP contribution in [0.1, 0.15) is 88.0 Å². The van der Waals surface area contributed by atoms with Crippen molar-refractivity contribution in [2.45, 2.75) is 159 Å². The van der Waals surface area contributed by atoms with Gasteiger partial charge in [0.15, 0.2) is 6.29 Å². The molecule has 0 unspecified atom stereocenters. The maximum atomic E-state index is 13.1. The summed E-state index contributed by atoms with van der Waals surface area (Å²) in [6, 6.07) is -1.74. The number of fused-ring (bicyclic) bond motifs is 1. The molecular formula is C32H56N4O13. The average molecular weight is 705 g/mol. The summed E-state index contributed by atoms with van der Waals surface area (Å²) in [5, 5.41) is 52.3. The van der Waals surface area contributed by atoms with Gasteiger partial charge in [0, 0.05) is 26.1 Å². The van der Waals surface area contributed by atoms with E-state index in [1.54, 1.807) is 62.3 Å². The highest BCUT2D eigenvalue weighted by Crippen LogP contribution is 2.58. The molecule has 17 nitrogen and oxygen atoms in total. The van der Waals surface area contributed by atoms with Crippen LogP contribution >= 0.6 is 0 Å². The molecule has 2 saturated carbocycles. The van der Waals surface area contributed by atoms with Gasteiger partial charge in [-0.3, -0.25) is 9.69 Å². The van der Waals surface area contributed by atoms with Crippen molar-refractivity contribution in [2.24, 2.45) is 0 Å². The van der Waals surface area contributed by atoms with E-state index < -0.39 is 94.9 Å². The minimum absolute atomic E-state index is 0.0191. The lowest BCUT2D eigenvalue weighted by atomic mass is 9.85. The molecule has 0 radical (unpaired) electrons. The quantitative estimate of drug-likeness (QED) is 0.164. The normalized spacial score (nSPS) is 32.1. The number of aliphatic hydroxyl groups excluding tert-OH is 3. The third kappa shape index (κ3) is 10.5. The number of amides is 4. The summed E-state index contributed by atoms with van der Waals surface area (Å²) in [6.07, 6.45) is -9.69. The fourth-order valence-corrected chi connectivity index (χ4v) is 6.07. The van der Waals surface area contributed by atoms with Gasteiger partial charge in [0.05, 0.1) is 18.8 Å². The van der Waals surface area contributed by atoms with Crippen LogP contribution in [0.2, 0.25) is 0 Å². The summed E-state index contributed by atoms with van der Waals surface area (Å²) in [6.45, 7) is 14.8. The van der Waals surface area contributed by atoms with Gasteiger partial charge < -0.3 is 60.1 Å². The van der Waals surface area contributed by atoms with E-state index in [2.05, 4.69) is 16.0 Å². The summed E-state index contributed by atoms with van der Waals surface area (Å²) in [4.78, 5) is 51.7. The lowest BCUT2D eigenvalue weighted by molar-refractivity contribution is -0.284. The molecule has 1 heterocycles. The number of carbonyl (C=O) groups excluding carboxylic acids is 4. The number of hydrogen-bond acceptors (Lipinski definition) is 13. The van der Waals surface area contributed by atoms with Crippen molar-refractivity contribution in [1.82, 2.24) is 20.9 Å². The predicted octanol–water partition coefficient (Wildman–Crippen LogP) is 0.638. The van der Waals surface area contributed by atoms with Crippen LogP contribution in [0.5, 0.6) is 0 Å². The first-order chi connectivity index (χ1) is 22.3. The largest absolute Gasteiger partial charge is 0.444 e. The van der Waals surface area contributed by atoms with Crippen LogP contribution in [0.15, 0.2) is 0 Å². The summed E-state index contributed by atoms with van der Waals surface area (Å²) in [5.74, 6) is -0.850. The van der Waals surface area contributed by atoms with Crippen molar-refractivity contribution in [1.29, 1.82) is 0 Å². The summed E-state index contributed by atoms with van der Waals surface area (Å²) in [5.41, 5.74) is -5.49. The lowest BCUT2D eigenvalue weighted by Gasteiger charge is -2.46. The molecule has 0 bridgehead atoms. The number of rotatable bonds is 9. The van der Waals surface area contributed by atoms with Gasteiger partial charge in [-0.05, 0) is 81.6 Å². The van der Waals surface area contributed by atoms with Crippen LogP contribution in [0.4, 0.5) is 14.4 Å². The second kappa shape index (κ2) is 14.7. The first kappa shape index (κ1) is 40.5. The third-order valence-electron chi connectivity index (χ3n) is 8.31. The monoisotopic (exact) mass is 704 g/mol. The second-order valence-electron chi connectivity index (χ2n) is 16.1. The zero-order valence-corrected chi connectivity index (χ0v) is 30.2. The smallest absolute Gasteiger partial charge is 0.410 e. The predicted molar refractivity (Wildman–Crippen MR) is 172 cm³/mol. The van der Waals surface area contributed by atoms with Crippen LogP contribution in [0.25, 0.3) is 0 Å². The fourth-order valence-electron chi connectivity index (χ4n) is 6.07. The van der Waals surface area contributed by atoms with Crippen molar-refractivity contribution >= 4 is 24.2 Å². The van der Waals surface area contributed by atoms with E-state index in [0.29, 0.717) is 0 Å². The molecule has 0 spiro atoms. The zero-order chi connectivity index (χ0) is 37.3. The van der Waals surface area contributed by atoms with Gasteiger partial charge in [0.1, 0.15) is 46.3 Å². The Morgan fingerprint density at radius 1 is 0.898 bits per heavy atom. The summed E-state index contributed by atoms with van der Waals surface area (Å²) >= 11 is 0. The molecule has 2 aliphatic carbocycles. The van der Waals surface area contributed by atoms with Gasteiger partial charge in [-0.25, -0.2) is 14.4 Å². The van der Waals surface area contributed by atoms with Gasteiger partial charge in [-0.1, -0.05) is 0 Å². The maximum Gasteiger partial charge on any atom is 0.410 e. The van der Waals surface area contributed by atoms with E-state index in [0.717, 1.165) is 4.90 Å². The molecule has 9 atom stereocenters. The van der Waals surface area contributed by atoms with Crippen molar-refractivity contribution in [3.05, 3.63) is 0 Å². The first-order valence-electron chi connectivity index (χ1n) is 16.5. The molecule has 4 amide bonds. The van der Waals surface area contributed by atoms with Gasteiger partial charge in [0.2, 0.25) is 5.91 Å². The number of likely N-dealkylation sites (N-methyl/N-ethyl adjacent to an activating group) is 1. The van der Waals surface area contributed by atoms with E-state index in [4.69, 9.17) is 23.7 Å². The molecule has 17 heteroatoms. The number of alkyl carbamates (subject to hydrolysis) is 2. The molecule has 0 aromatic carbocycles. The van der Waals surface area contributed by atoms with Crippen LogP contribution in [0.3, 0.4) is 0 Å². The molecule has 3 fully saturated rings. The minimum Gasteiger partial charge on any atom is -0.444 e. The summed E-state index contributed by atoms with van der Waals surface area (Å²) in [7, 11) is 1.39. The van der Waals surface area contributed by atoms with Gasteiger partial charge in [-0.15, -0.1) is 0 Å². The van der Waals surface area contributed by atoms with Crippen LogP contribution in [-0.4, -0.2) is 140 Å². The van der Waals surface area contributed by atoms with Gasteiger partial charge in [0.25, 0.3) is 0 Å². The SMILES string of the molecule is CN(C(=O)OC(C)(C)C)[C@@]12C[C@]1(O)CO[C@H](O[C@@H]1[C@@H](O)C[C@@H](NC(=O)OC(C)(C)C)C[C@H]1NC(=O)[C@@H](O)CCNC(=O)OC(C)(C)C)[C@@H]2O. The van der Waals surface area contributed by atoms with E-state index in [1.165, 1.54) is 7.05 Å². The van der Waals surface area contributed by atoms with E-state index in [9.17, 15) is 39.6 Å². The summed E-state index contributed by atoms with van der Waals surface area (Å²) < 4.78 is 27.8. The number of ether oxygens (including phenoxy) is 5. The van der Waals surface area contributed by atoms with Crippen LogP contribution < -0.4 is 16.0 Å². The van der Waals surface area contributed by atoms with Gasteiger partial charge >= 0.3 is 18.3 Å². The van der Waals surface area contributed by atoms with E-state index in [-0.39, 0.29) is 38.8 Å². The van der Waals surface area contributed by atoms with E-state index >= 15 is 0 Å². The Bertz CT molecular complexity index is 1210. The molecule has 0 aromatic rings. The Kier molecular flexibility index (Phi) is 12.2. The number of carbonyl (C=O) groups is 4. The topological polar surface area (TPSA) is 235 Å². The molecule has 282 valence electrons. The lowest BCUT2D eigenvalue weighted by Crippen LogP contribution is -2.65. The van der Waals surface area contributed by atoms with Crippen LogP contribution in [-0.2, 0) is 28.5 Å². The van der Waals surface area contributed by atoms with Crippen molar-refractivity contribution in [3.63, 3.8) is 0 Å². The molecule has 1 aliphatic heterocycles. The Balaban J connectivity index is 1.76. The Labute approximate surface area is 287 Å². The van der Waals surface area contributed by atoms with E-state index in [1.807, 2.05) is 0 Å². The highest BCUT2D eigenvalue weighted by atomic mass is 16.7. The van der Waals surface area contributed by atoms with Crippen molar-refractivity contribution < 1.29 is 63.3 Å². The third-order valence-corrected chi connectivity index (χ3v) is 8.31. The van der Waals surface area contributed by atoms with Crippen molar-refractivity contribution in [3.8, 4) is 0 Å². The molecule has 1 saturated heterocycles.